The number of hydrogen-bond acceptors (Lipinski definition) is 4. The Bertz CT molecular complexity index is 1630. The minimum Gasteiger partial charge on any atom is -0.277 e. The van der Waals surface area contributed by atoms with Crippen LogP contribution in [-0.2, 0) is 6.18 Å². The van der Waals surface area contributed by atoms with Crippen molar-refractivity contribution in [3.63, 3.8) is 0 Å². The second-order valence-electron chi connectivity index (χ2n) is 7.87. The highest BCUT2D eigenvalue weighted by molar-refractivity contribution is 6.08. The number of halogens is 3. The fourth-order valence-corrected chi connectivity index (χ4v) is 4.28. The molecule has 0 spiro atoms. The summed E-state index contributed by atoms with van der Waals surface area (Å²) in [6, 6.07) is 24.2. The molecule has 0 unspecified atom stereocenters. The highest BCUT2D eigenvalue weighted by Crippen LogP contribution is 2.42. The molecule has 2 N–H and O–H groups in total. The molecule has 6 aromatic rings. The molecule has 0 radical (unpaired) electrons. The number of aromatic amines is 2. The van der Waals surface area contributed by atoms with Gasteiger partial charge in [-0.1, -0.05) is 72.8 Å². The van der Waals surface area contributed by atoms with E-state index in [9.17, 15) is 13.2 Å². The molecule has 6 nitrogen and oxygen atoms in total. The third-order valence-electron chi connectivity index (χ3n) is 5.86. The standard InChI is InChI=1S/C25H15F3N6/c26-25(27,28)23-21(15-6-8-16(9-7-15)24-31-33-34-32-24)22(29-30-23)18-11-12-20-17(13-18)10-5-14-3-1-2-4-19(14)20/h1-13H,(H,29,30)(H,31,32,33,34). The van der Waals surface area contributed by atoms with Crippen molar-refractivity contribution in [3.8, 4) is 33.8 Å². The molecule has 0 aliphatic heterocycles. The molecule has 0 aliphatic carbocycles. The van der Waals surface area contributed by atoms with Gasteiger partial charge in [-0.3, -0.25) is 5.10 Å². The summed E-state index contributed by atoms with van der Waals surface area (Å²) in [5.41, 5.74) is 0.988. The lowest BCUT2D eigenvalue weighted by atomic mass is 9.95. The van der Waals surface area contributed by atoms with Crippen molar-refractivity contribution >= 4 is 21.5 Å². The zero-order chi connectivity index (χ0) is 23.3. The van der Waals surface area contributed by atoms with Crippen LogP contribution >= 0.6 is 0 Å². The maximum Gasteiger partial charge on any atom is 0.435 e. The van der Waals surface area contributed by atoms with Gasteiger partial charge in [0.05, 0.1) is 5.69 Å². The normalized spacial score (nSPS) is 12.0. The first kappa shape index (κ1) is 20.1. The number of hydrogen-bond donors (Lipinski definition) is 2. The molecule has 0 bridgehead atoms. The maximum atomic E-state index is 13.9. The first-order valence-electron chi connectivity index (χ1n) is 10.4. The Hall–Kier alpha value is -4.53. The Labute approximate surface area is 190 Å². The summed E-state index contributed by atoms with van der Waals surface area (Å²) >= 11 is 0. The Morgan fingerprint density at radius 1 is 0.676 bits per heavy atom. The van der Waals surface area contributed by atoms with Crippen molar-refractivity contribution in [1.29, 1.82) is 0 Å². The lowest BCUT2D eigenvalue weighted by Gasteiger charge is -2.11. The minimum atomic E-state index is -4.62. The van der Waals surface area contributed by atoms with Crippen LogP contribution in [0, 0.1) is 0 Å². The molecule has 2 aromatic heterocycles. The van der Waals surface area contributed by atoms with Gasteiger partial charge in [0.2, 0.25) is 0 Å². The van der Waals surface area contributed by atoms with Crippen molar-refractivity contribution in [3.05, 3.63) is 84.6 Å². The third-order valence-corrected chi connectivity index (χ3v) is 5.86. The molecule has 0 aliphatic rings. The van der Waals surface area contributed by atoms with Gasteiger partial charge >= 0.3 is 6.18 Å². The molecule has 34 heavy (non-hydrogen) atoms. The highest BCUT2D eigenvalue weighted by atomic mass is 19.4. The summed E-state index contributed by atoms with van der Waals surface area (Å²) in [7, 11) is 0. The average molecular weight is 456 g/mol. The summed E-state index contributed by atoms with van der Waals surface area (Å²) in [6.07, 6.45) is -4.62. The summed E-state index contributed by atoms with van der Waals surface area (Å²) in [6.45, 7) is 0. The first-order valence-corrected chi connectivity index (χ1v) is 10.4. The molecule has 0 saturated carbocycles. The van der Waals surface area contributed by atoms with E-state index in [1.165, 1.54) is 0 Å². The number of alkyl halides is 3. The number of rotatable bonds is 3. The zero-order valence-corrected chi connectivity index (χ0v) is 17.4. The fourth-order valence-electron chi connectivity index (χ4n) is 4.28. The van der Waals surface area contributed by atoms with Gasteiger partial charge in [0.15, 0.2) is 11.5 Å². The molecule has 6 rings (SSSR count). The summed E-state index contributed by atoms with van der Waals surface area (Å²) < 4.78 is 41.6. The van der Waals surface area contributed by atoms with Crippen molar-refractivity contribution in [1.82, 2.24) is 30.8 Å². The van der Waals surface area contributed by atoms with Crippen molar-refractivity contribution in [2.75, 3.05) is 0 Å². The minimum absolute atomic E-state index is 0.00474. The Kier molecular flexibility index (Phi) is 4.44. The molecule has 2 heterocycles. The molecule has 0 saturated heterocycles. The van der Waals surface area contributed by atoms with Gasteiger partial charge < -0.3 is 0 Å². The van der Waals surface area contributed by atoms with E-state index in [2.05, 4.69) is 30.8 Å². The van der Waals surface area contributed by atoms with Crippen LogP contribution in [0.2, 0.25) is 0 Å². The third kappa shape index (κ3) is 3.29. The Balaban J connectivity index is 1.51. The second kappa shape index (κ2) is 7.51. The topological polar surface area (TPSA) is 83.1 Å². The van der Waals surface area contributed by atoms with E-state index in [0.29, 0.717) is 28.2 Å². The number of tetrazole rings is 1. The molecule has 4 aromatic carbocycles. The summed E-state index contributed by atoms with van der Waals surface area (Å²) in [5, 5.41) is 24.0. The number of benzene rings is 4. The quantitative estimate of drug-likeness (QED) is 0.309. The molecular formula is C25H15F3N6. The molecule has 0 amide bonds. The van der Waals surface area contributed by atoms with Gasteiger partial charge in [-0.25, -0.2) is 5.10 Å². The SMILES string of the molecule is FC(F)(F)c1n[nH]c(-c2ccc3c(ccc4ccccc43)c2)c1-c1ccc(-c2nnn[nH]2)cc1. The Morgan fingerprint density at radius 3 is 2.15 bits per heavy atom. The van der Waals surface area contributed by atoms with Gasteiger partial charge in [-0.05, 0) is 43.6 Å². The van der Waals surface area contributed by atoms with Crippen LogP contribution in [-0.4, -0.2) is 30.8 Å². The van der Waals surface area contributed by atoms with E-state index in [1.54, 1.807) is 24.3 Å². The number of nitrogens with one attached hydrogen (secondary N) is 2. The van der Waals surface area contributed by atoms with Gasteiger partial charge in [0.1, 0.15) is 0 Å². The first-order chi connectivity index (χ1) is 16.5. The van der Waals surface area contributed by atoms with E-state index in [-0.39, 0.29) is 5.56 Å². The lowest BCUT2D eigenvalue weighted by Crippen LogP contribution is -2.07. The Morgan fingerprint density at radius 2 is 1.38 bits per heavy atom. The van der Waals surface area contributed by atoms with E-state index in [1.807, 2.05) is 54.6 Å². The van der Waals surface area contributed by atoms with Crippen molar-refractivity contribution < 1.29 is 13.2 Å². The van der Waals surface area contributed by atoms with Crippen LogP contribution in [0.4, 0.5) is 13.2 Å². The van der Waals surface area contributed by atoms with Crippen LogP contribution in [0.3, 0.4) is 0 Å². The average Bonchev–Trinajstić information content (AvgIpc) is 3.54. The van der Waals surface area contributed by atoms with E-state index in [4.69, 9.17) is 0 Å². The number of aromatic nitrogens is 6. The number of fused-ring (bicyclic) bond motifs is 3. The predicted octanol–water partition coefficient (Wildman–Crippen LogP) is 6.25. The van der Waals surface area contributed by atoms with Crippen molar-refractivity contribution in [2.45, 2.75) is 6.18 Å². The molecule has 9 heteroatoms. The monoisotopic (exact) mass is 456 g/mol. The van der Waals surface area contributed by atoms with E-state index in [0.717, 1.165) is 21.5 Å². The molecule has 0 atom stereocenters. The van der Waals surface area contributed by atoms with Gasteiger partial charge in [0, 0.05) is 16.7 Å². The van der Waals surface area contributed by atoms with Gasteiger partial charge in [-0.15, -0.1) is 5.10 Å². The van der Waals surface area contributed by atoms with E-state index >= 15 is 0 Å². The predicted molar refractivity (Wildman–Crippen MR) is 123 cm³/mol. The summed E-state index contributed by atoms with van der Waals surface area (Å²) in [4.78, 5) is 0. The highest BCUT2D eigenvalue weighted by Gasteiger charge is 2.38. The van der Waals surface area contributed by atoms with Crippen LogP contribution in [0.5, 0.6) is 0 Å². The fraction of sp³-hybridized carbons (Fsp3) is 0.0400. The largest absolute Gasteiger partial charge is 0.435 e. The molecular weight excluding hydrogens is 441 g/mol. The van der Waals surface area contributed by atoms with E-state index < -0.39 is 11.9 Å². The van der Waals surface area contributed by atoms with Crippen LogP contribution in [0.15, 0.2) is 78.9 Å². The second-order valence-corrected chi connectivity index (χ2v) is 7.87. The summed E-state index contributed by atoms with van der Waals surface area (Å²) in [5.74, 6) is 0.428. The maximum absolute atomic E-state index is 13.9. The van der Waals surface area contributed by atoms with Crippen LogP contribution in [0.25, 0.3) is 55.3 Å². The lowest BCUT2D eigenvalue weighted by molar-refractivity contribution is -0.140. The molecule has 0 fully saturated rings. The smallest absolute Gasteiger partial charge is 0.277 e. The number of H-pyrrole nitrogens is 2. The van der Waals surface area contributed by atoms with Crippen LogP contribution in [0.1, 0.15) is 5.69 Å². The zero-order valence-electron chi connectivity index (χ0n) is 17.4. The number of nitrogens with zero attached hydrogens (tertiary/aromatic N) is 4. The van der Waals surface area contributed by atoms with Gasteiger partial charge in [-0.2, -0.15) is 18.3 Å². The van der Waals surface area contributed by atoms with Crippen LogP contribution < -0.4 is 0 Å². The van der Waals surface area contributed by atoms with Crippen molar-refractivity contribution in [2.24, 2.45) is 0 Å². The molecule has 166 valence electrons. The van der Waals surface area contributed by atoms with Gasteiger partial charge in [0.25, 0.3) is 0 Å².